The van der Waals surface area contributed by atoms with Gasteiger partial charge in [-0.25, -0.2) is 13.1 Å². The lowest BCUT2D eigenvalue weighted by atomic mass is 10.1. The standard InChI is InChI=1S/C16H20N2O4S/c1-17-23(20,21)13-4-5-15-14(9-13)12(10-22-15)6-7-18-16(19)8-11-2-3-11/h4-5,9-11,17H,2-3,6-8H2,1H3,(H,18,19). The highest BCUT2D eigenvalue weighted by Crippen LogP contribution is 2.32. The largest absolute Gasteiger partial charge is 0.464 e. The van der Waals surface area contributed by atoms with Crippen molar-refractivity contribution in [1.82, 2.24) is 10.0 Å². The average molecular weight is 336 g/mol. The molecule has 1 aliphatic carbocycles. The Kier molecular flexibility index (Phi) is 4.41. The summed E-state index contributed by atoms with van der Waals surface area (Å²) in [4.78, 5) is 11.9. The van der Waals surface area contributed by atoms with Crippen molar-refractivity contribution in [2.24, 2.45) is 5.92 Å². The van der Waals surface area contributed by atoms with Crippen LogP contribution in [0.1, 0.15) is 24.8 Å². The summed E-state index contributed by atoms with van der Waals surface area (Å²) in [5.41, 5.74) is 1.53. The van der Waals surface area contributed by atoms with Gasteiger partial charge in [-0.3, -0.25) is 4.79 Å². The fraction of sp³-hybridized carbons (Fsp3) is 0.438. The molecule has 0 aliphatic heterocycles. The third-order valence-corrected chi connectivity index (χ3v) is 5.50. The highest BCUT2D eigenvalue weighted by Gasteiger charge is 2.24. The van der Waals surface area contributed by atoms with E-state index in [1.54, 1.807) is 18.4 Å². The van der Waals surface area contributed by atoms with Crippen LogP contribution in [0.2, 0.25) is 0 Å². The van der Waals surface area contributed by atoms with E-state index in [-0.39, 0.29) is 10.8 Å². The van der Waals surface area contributed by atoms with Gasteiger partial charge < -0.3 is 9.73 Å². The van der Waals surface area contributed by atoms with Crippen LogP contribution in [0.25, 0.3) is 11.0 Å². The van der Waals surface area contributed by atoms with Gasteiger partial charge in [-0.05, 0) is 56.0 Å². The van der Waals surface area contributed by atoms with Crippen LogP contribution in [-0.2, 0) is 21.2 Å². The summed E-state index contributed by atoms with van der Waals surface area (Å²) in [6, 6.07) is 4.76. The van der Waals surface area contributed by atoms with Gasteiger partial charge in [-0.15, -0.1) is 0 Å². The van der Waals surface area contributed by atoms with Gasteiger partial charge in [0.25, 0.3) is 0 Å². The molecule has 124 valence electrons. The number of hydrogen-bond acceptors (Lipinski definition) is 4. The Morgan fingerprint density at radius 1 is 1.35 bits per heavy atom. The zero-order chi connectivity index (χ0) is 16.4. The van der Waals surface area contributed by atoms with E-state index in [4.69, 9.17) is 4.42 Å². The monoisotopic (exact) mass is 336 g/mol. The van der Waals surface area contributed by atoms with Crippen LogP contribution in [0, 0.1) is 5.92 Å². The summed E-state index contributed by atoms with van der Waals surface area (Å²) in [5.74, 6) is 0.651. The van der Waals surface area contributed by atoms with E-state index >= 15 is 0 Å². The van der Waals surface area contributed by atoms with Crippen LogP contribution < -0.4 is 10.0 Å². The van der Waals surface area contributed by atoms with E-state index in [1.807, 2.05) is 0 Å². The molecule has 1 aromatic heterocycles. The number of fused-ring (bicyclic) bond motifs is 1. The number of nitrogens with one attached hydrogen (secondary N) is 2. The quantitative estimate of drug-likeness (QED) is 0.807. The molecule has 0 atom stereocenters. The van der Waals surface area contributed by atoms with E-state index in [1.165, 1.54) is 13.1 Å². The third kappa shape index (κ3) is 3.73. The maximum atomic E-state index is 11.9. The van der Waals surface area contributed by atoms with Gasteiger partial charge >= 0.3 is 0 Å². The highest BCUT2D eigenvalue weighted by atomic mass is 32.2. The number of furan rings is 1. The van der Waals surface area contributed by atoms with E-state index in [2.05, 4.69) is 10.0 Å². The second kappa shape index (κ2) is 6.33. The van der Waals surface area contributed by atoms with Crippen LogP contribution in [0.4, 0.5) is 0 Å². The Morgan fingerprint density at radius 3 is 2.83 bits per heavy atom. The summed E-state index contributed by atoms with van der Waals surface area (Å²) in [5, 5.41) is 3.66. The number of carbonyl (C=O) groups is 1. The molecule has 1 amide bonds. The summed E-state index contributed by atoms with van der Waals surface area (Å²) in [6.45, 7) is 0.517. The first-order chi connectivity index (χ1) is 11.0. The molecule has 2 N–H and O–H groups in total. The van der Waals surface area contributed by atoms with Crippen molar-refractivity contribution in [3.8, 4) is 0 Å². The summed E-state index contributed by atoms with van der Waals surface area (Å²) in [6.07, 6.45) is 5.14. The molecule has 1 aliphatic rings. The Labute approximate surface area is 135 Å². The Balaban J connectivity index is 1.70. The smallest absolute Gasteiger partial charge is 0.240 e. The number of benzene rings is 1. The van der Waals surface area contributed by atoms with Crippen molar-refractivity contribution in [3.05, 3.63) is 30.0 Å². The maximum absolute atomic E-state index is 11.9. The van der Waals surface area contributed by atoms with Crippen molar-refractivity contribution in [1.29, 1.82) is 0 Å². The molecule has 0 radical (unpaired) electrons. The lowest BCUT2D eigenvalue weighted by Gasteiger charge is -2.05. The second-order valence-corrected chi connectivity index (χ2v) is 7.76. The van der Waals surface area contributed by atoms with E-state index < -0.39 is 10.0 Å². The SMILES string of the molecule is CNS(=O)(=O)c1ccc2occ(CCNC(=O)CC3CC3)c2c1. The summed E-state index contributed by atoms with van der Waals surface area (Å²) >= 11 is 0. The molecular formula is C16H20N2O4S. The Morgan fingerprint density at radius 2 is 2.13 bits per heavy atom. The number of sulfonamides is 1. The molecule has 0 saturated heterocycles. The van der Waals surface area contributed by atoms with Crippen LogP contribution >= 0.6 is 0 Å². The maximum Gasteiger partial charge on any atom is 0.240 e. The minimum absolute atomic E-state index is 0.0822. The van der Waals surface area contributed by atoms with Crippen molar-refractivity contribution >= 4 is 26.9 Å². The third-order valence-electron chi connectivity index (χ3n) is 4.09. The molecule has 3 rings (SSSR count). The van der Waals surface area contributed by atoms with Gasteiger partial charge in [0.1, 0.15) is 5.58 Å². The van der Waals surface area contributed by atoms with Crippen molar-refractivity contribution < 1.29 is 17.6 Å². The molecule has 1 aromatic carbocycles. The molecular weight excluding hydrogens is 316 g/mol. The number of hydrogen-bond donors (Lipinski definition) is 2. The summed E-state index contributed by atoms with van der Waals surface area (Å²) < 4.78 is 31.5. The zero-order valence-corrected chi connectivity index (χ0v) is 13.8. The normalized spacial score (nSPS) is 15.0. The van der Waals surface area contributed by atoms with Crippen LogP contribution in [-0.4, -0.2) is 27.9 Å². The molecule has 6 nitrogen and oxygen atoms in total. The minimum Gasteiger partial charge on any atom is -0.464 e. The molecule has 1 heterocycles. The van der Waals surface area contributed by atoms with E-state index in [9.17, 15) is 13.2 Å². The molecule has 23 heavy (non-hydrogen) atoms. The lowest BCUT2D eigenvalue weighted by Crippen LogP contribution is -2.25. The van der Waals surface area contributed by atoms with Crippen LogP contribution in [0.3, 0.4) is 0 Å². The van der Waals surface area contributed by atoms with Gasteiger partial charge in [-0.2, -0.15) is 0 Å². The predicted molar refractivity (Wildman–Crippen MR) is 86.5 cm³/mol. The van der Waals surface area contributed by atoms with Gasteiger partial charge in [0.2, 0.25) is 15.9 Å². The Hall–Kier alpha value is -1.86. The van der Waals surface area contributed by atoms with Crippen molar-refractivity contribution in [2.75, 3.05) is 13.6 Å². The molecule has 2 aromatic rings. The second-order valence-electron chi connectivity index (χ2n) is 5.87. The summed E-state index contributed by atoms with van der Waals surface area (Å²) in [7, 11) is -2.11. The van der Waals surface area contributed by atoms with Gasteiger partial charge in [0.05, 0.1) is 11.2 Å². The van der Waals surface area contributed by atoms with Crippen molar-refractivity contribution in [2.45, 2.75) is 30.6 Å². The minimum atomic E-state index is -3.49. The van der Waals surface area contributed by atoms with Gasteiger partial charge in [0, 0.05) is 18.4 Å². The Bertz CT molecular complexity index is 822. The van der Waals surface area contributed by atoms with Gasteiger partial charge in [0.15, 0.2) is 0 Å². The number of amides is 1. The first-order valence-electron chi connectivity index (χ1n) is 7.70. The molecule has 7 heteroatoms. The van der Waals surface area contributed by atoms with Crippen LogP contribution in [0.5, 0.6) is 0 Å². The van der Waals surface area contributed by atoms with Crippen molar-refractivity contribution in [3.63, 3.8) is 0 Å². The first-order valence-corrected chi connectivity index (χ1v) is 9.18. The zero-order valence-electron chi connectivity index (χ0n) is 13.0. The molecule has 1 saturated carbocycles. The van der Waals surface area contributed by atoms with E-state index in [0.29, 0.717) is 30.9 Å². The fourth-order valence-electron chi connectivity index (χ4n) is 2.53. The van der Waals surface area contributed by atoms with Gasteiger partial charge in [-0.1, -0.05) is 0 Å². The predicted octanol–water partition coefficient (Wildman–Crippen LogP) is 1.80. The average Bonchev–Trinajstić information content (AvgIpc) is 3.25. The fourth-order valence-corrected chi connectivity index (χ4v) is 3.29. The molecule has 0 spiro atoms. The van der Waals surface area contributed by atoms with E-state index in [0.717, 1.165) is 23.8 Å². The molecule has 0 unspecified atom stereocenters. The van der Waals surface area contributed by atoms with Crippen LogP contribution in [0.15, 0.2) is 33.8 Å². The number of rotatable bonds is 7. The molecule has 0 bridgehead atoms. The first kappa shape index (κ1) is 16.0. The molecule has 1 fully saturated rings. The number of carbonyl (C=O) groups excluding carboxylic acids is 1. The lowest BCUT2D eigenvalue weighted by molar-refractivity contribution is -0.121. The highest BCUT2D eigenvalue weighted by molar-refractivity contribution is 7.89. The topological polar surface area (TPSA) is 88.4 Å².